The number of benzene rings is 1. The molecule has 1 fully saturated rings. The SMILES string of the molecule is CC(C)(C)OC(=O)NCC=O.CC(C)C(NC(=O)OC(C)(C)C)C(=O)NCCCCc1ncc(-c2ccc(C#Cc3cnc(C4CCCN4C)[nH]3)cc2)[nH]1.CCC. The number of hydrogen-bond donors (Lipinski definition) is 5. The highest BCUT2D eigenvalue weighted by molar-refractivity contribution is 5.85. The second-order valence-corrected chi connectivity index (χ2v) is 16.3. The number of aromatic nitrogens is 4. The highest BCUT2D eigenvalue weighted by atomic mass is 16.6. The fraction of sp³-hybridized carbons (Fsp3) is 0.581. The maximum atomic E-state index is 12.7. The number of likely N-dealkylation sites (tertiary alicyclic amines) is 1. The van der Waals surface area contributed by atoms with Crippen molar-refractivity contribution in [3.8, 4) is 23.1 Å². The number of rotatable bonds is 12. The van der Waals surface area contributed by atoms with E-state index in [1.165, 1.54) is 12.8 Å². The molecule has 0 radical (unpaired) electrons. The predicted octanol–water partition coefficient (Wildman–Crippen LogP) is 7.08. The van der Waals surface area contributed by atoms with Crippen LogP contribution >= 0.6 is 0 Å². The predicted molar refractivity (Wildman–Crippen MR) is 223 cm³/mol. The van der Waals surface area contributed by atoms with Crippen molar-refractivity contribution in [1.82, 2.24) is 40.8 Å². The Bertz CT molecular complexity index is 1740. The van der Waals surface area contributed by atoms with Crippen molar-refractivity contribution in [3.63, 3.8) is 0 Å². The Kier molecular flexibility index (Phi) is 20.0. The van der Waals surface area contributed by atoms with E-state index in [1.807, 2.05) is 50.5 Å². The van der Waals surface area contributed by atoms with Gasteiger partial charge in [0.2, 0.25) is 5.91 Å². The number of aldehydes is 1. The van der Waals surface area contributed by atoms with Crippen LogP contribution in [0, 0.1) is 17.8 Å². The first-order chi connectivity index (χ1) is 26.8. The van der Waals surface area contributed by atoms with E-state index in [2.05, 4.69) is 73.5 Å². The molecule has 2 unspecified atom stereocenters. The van der Waals surface area contributed by atoms with Crippen molar-refractivity contribution in [3.05, 3.63) is 59.6 Å². The molecule has 3 aromatic rings. The molecule has 1 saturated heterocycles. The summed E-state index contributed by atoms with van der Waals surface area (Å²) in [4.78, 5) is 63.5. The van der Waals surface area contributed by atoms with Gasteiger partial charge in [-0.1, -0.05) is 52.2 Å². The first-order valence-corrected chi connectivity index (χ1v) is 19.9. The van der Waals surface area contributed by atoms with Crippen LogP contribution in [0.3, 0.4) is 0 Å². The quantitative estimate of drug-likeness (QED) is 0.0727. The van der Waals surface area contributed by atoms with Crippen LogP contribution in [0.15, 0.2) is 36.7 Å². The summed E-state index contributed by atoms with van der Waals surface area (Å²) in [6.07, 6.45) is 9.11. The molecule has 4 rings (SSSR count). The normalized spacial score (nSPS) is 14.4. The molecule has 14 heteroatoms. The molecular formula is C43H66N8O6. The van der Waals surface area contributed by atoms with Crippen LogP contribution in [0.2, 0.25) is 0 Å². The molecule has 0 aliphatic carbocycles. The van der Waals surface area contributed by atoms with E-state index in [1.54, 1.807) is 41.5 Å². The lowest BCUT2D eigenvalue weighted by Crippen LogP contribution is -2.51. The number of alkyl carbamates (subject to hydrolysis) is 2. The summed E-state index contributed by atoms with van der Waals surface area (Å²) in [5.74, 6) is 8.04. The third-order valence-corrected chi connectivity index (χ3v) is 8.09. The second-order valence-electron chi connectivity index (χ2n) is 16.3. The first-order valence-electron chi connectivity index (χ1n) is 19.9. The molecule has 14 nitrogen and oxygen atoms in total. The first kappa shape index (κ1) is 48.0. The number of nitrogens with zero attached hydrogens (tertiary/aromatic N) is 3. The monoisotopic (exact) mass is 791 g/mol. The van der Waals surface area contributed by atoms with E-state index in [4.69, 9.17) is 9.47 Å². The van der Waals surface area contributed by atoms with Crippen LogP contribution in [0.4, 0.5) is 9.59 Å². The Balaban J connectivity index is 0.000000684. The number of imidazole rings is 2. The molecule has 0 saturated carbocycles. The van der Waals surface area contributed by atoms with Gasteiger partial charge in [-0.3, -0.25) is 9.69 Å². The maximum absolute atomic E-state index is 12.7. The fourth-order valence-electron chi connectivity index (χ4n) is 5.48. The lowest BCUT2D eigenvalue weighted by molar-refractivity contribution is -0.124. The molecule has 1 aromatic carbocycles. The number of hydrogen-bond acceptors (Lipinski definition) is 9. The van der Waals surface area contributed by atoms with Gasteiger partial charge in [-0.05, 0) is 110 Å². The van der Waals surface area contributed by atoms with E-state index in [-0.39, 0.29) is 18.4 Å². The van der Waals surface area contributed by atoms with Crippen molar-refractivity contribution >= 4 is 24.4 Å². The van der Waals surface area contributed by atoms with Crippen LogP contribution < -0.4 is 16.0 Å². The van der Waals surface area contributed by atoms with Gasteiger partial charge >= 0.3 is 12.2 Å². The Morgan fingerprint density at radius 3 is 2.16 bits per heavy atom. The standard InChI is InChI=1S/C33H45N7O3.C7H13NO3.C3H8/c1-22(2)29(39-32(42)43-33(3,4)5)31(41)34-18-8-7-11-28-35-21-26(38-28)24-15-12-23(13-16-24)14-17-25-20-36-30(37-25)27-10-9-19-40(27)6;1-7(2,3)11-6(10)8-4-5-9;1-3-2/h12-13,15-16,20-22,27,29H,7-11,18-19H2,1-6H3,(H,34,41)(H,35,38)(H,36,37)(H,39,42);5H,4H2,1-3H3,(H,8,10);3H2,1-2H3. The molecule has 1 aliphatic heterocycles. The van der Waals surface area contributed by atoms with Crippen LogP contribution in [0.25, 0.3) is 11.3 Å². The third-order valence-electron chi connectivity index (χ3n) is 8.09. The Morgan fingerprint density at radius 1 is 0.930 bits per heavy atom. The summed E-state index contributed by atoms with van der Waals surface area (Å²) >= 11 is 0. The fourth-order valence-corrected chi connectivity index (χ4v) is 5.48. The number of carbonyl (C=O) groups excluding carboxylic acids is 4. The number of aryl methyl sites for hydroxylation is 1. The van der Waals surface area contributed by atoms with Gasteiger partial charge in [0, 0.05) is 18.5 Å². The van der Waals surface area contributed by atoms with E-state index in [0.717, 1.165) is 66.4 Å². The molecule has 0 spiro atoms. The third kappa shape index (κ3) is 19.0. The average molecular weight is 791 g/mol. The molecule has 5 N–H and O–H groups in total. The molecule has 1 aliphatic rings. The number of nitrogens with one attached hydrogen (secondary N) is 5. The van der Waals surface area contributed by atoms with Gasteiger partial charge in [0.25, 0.3) is 0 Å². The number of ether oxygens (including phenoxy) is 2. The van der Waals surface area contributed by atoms with E-state index >= 15 is 0 Å². The summed E-state index contributed by atoms with van der Waals surface area (Å²) in [6.45, 7) is 20.3. The summed E-state index contributed by atoms with van der Waals surface area (Å²) in [5, 5.41) is 7.88. The van der Waals surface area contributed by atoms with E-state index in [9.17, 15) is 19.2 Å². The molecule has 3 heterocycles. The summed E-state index contributed by atoms with van der Waals surface area (Å²) in [5.41, 5.74) is 2.63. The summed E-state index contributed by atoms with van der Waals surface area (Å²) in [7, 11) is 2.14. The number of H-pyrrole nitrogens is 2. The smallest absolute Gasteiger partial charge is 0.408 e. The second kappa shape index (κ2) is 23.8. The molecule has 2 atom stereocenters. The maximum Gasteiger partial charge on any atom is 0.408 e. The van der Waals surface area contributed by atoms with Crippen molar-refractivity contribution in [2.24, 2.45) is 5.92 Å². The Morgan fingerprint density at radius 2 is 1.58 bits per heavy atom. The largest absolute Gasteiger partial charge is 0.444 e. The van der Waals surface area contributed by atoms with Gasteiger partial charge in [-0.2, -0.15) is 0 Å². The minimum Gasteiger partial charge on any atom is -0.444 e. The van der Waals surface area contributed by atoms with Crippen molar-refractivity contribution in [2.75, 3.05) is 26.7 Å². The minimum absolute atomic E-state index is 0.00505. The molecule has 0 bridgehead atoms. The van der Waals surface area contributed by atoms with Crippen LogP contribution in [0.5, 0.6) is 0 Å². The zero-order valence-corrected chi connectivity index (χ0v) is 35.9. The highest BCUT2D eigenvalue weighted by Crippen LogP contribution is 2.28. The van der Waals surface area contributed by atoms with Crippen molar-refractivity contribution in [1.29, 1.82) is 0 Å². The number of amides is 3. The van der Waals surface area contributed by atoms with Gasteiger partial charge in [-0.15, -0.1) is 0 Å². The highest BCUT2D eigenvalue weighted by Gasteiger charge is 2.27. The topological polar surface area (TPSA) is 183 Å². The molecule has 57 heavy (non-hydrogen) atoms. The lowest BCUT2D eigenvalue weighted by atomic mass is 10.0. The van der Waals surface area contributed by atoms with Crippen LogP contribution in [-0.4, -0.2) is 93.1 Å². The van der Waals surface area contributed by atoms with Crippen molar-refractivity contribution < 1.29 is 28.7 Å². The zero-order chi connectivity index (χ0) is 42.6. The van der Waals surface area contributed by atoms with E-state index in [0.29, 0.717) is 18.9 Å². The number of carbonyl (C=O) groups is 4. The van der Waals surface area contributed by atoms with E-state index < -0.39 is 29.4 Å². The number of unbranched alkanes of at least 4 members (excludes halogenated alkanes) is 1. The van der Waals surface area contributed by atoms with Crippen LogP contribution in [-0.2, 0) is 25.5 Å². The van der Waals surface area contributed by atoms with Gasteiger partial charge in [0.1, 0.15) is 40.9 Å². The lowest BCUT2D eigenvalue weighted by Gasteiger charge is -2.25. The van der Waals surface area contributed by atoms with Crippen molar-refractivity contribution in [2.45, 2.75) is 131 Å². The van der Waals surface area contributed by atoms with Gasteiger partial charge in [0.15, 0.2) is 0 Å². The summed E-state index contributed by atoms with van der Waals surface area (Å²) in [6, 6.07) is 7.80. The van der Waals surface area contributed by atoms with Gasteiger partial charge in [-0.25, -0.2) is 19.6 Å². The summed E-state index contributed by atoms with van der Waals surface area (Å²) < 4.78 is 10.1. The Hall–Kier alpha value is -5.16. The van der Waals surface area contributed by atoms with Gasteiger partial charge < -0.3 is 40.2 Å². The number of aromatic amines is 2. The average Bonchev–Trinajstić information content (AvgIpc) is 3.89. The van der Waals surface area contributed by atoms with Gasteiger partial charge in [0.05, 0.1) is 30.7 Å². The van der Waals surface area contributed by atoms with Crippen LogP contribution in [0.1, 0.15) is 130 Å². The molecule has 3 amide bonds. The molecule has 314 valence electrons. The zero-order valence-electron chi connectivity index (χ0n) is 35.9. The minimum atomic E-state index is -0.651. The molecular weight excluding hydrogens is 725 g/mol. The molecule has 2 aromatic heterocycles. The Labute approximate surface area is 339 Å².